The first-order valence-electron chi connectivity index (χ1n) is 5.55. The van der Waals surface area contributed by atoms with Crippen molar-refractivity contribution >= 4 is 48.7 Å². The zero-order valence-corrected chi connectivity index (χ0v) is 12.9. The van der Waals surface area contributed by atoms with Gasteiger partial charge >= 0.3 is 0 Å². The van der Waals surface area contributed by atoms with Gasteiger partial charge in [0.15, 0.2) is 0 Å². The maximum absolute atomic E-state index is 10.5. The maximum Gasteiger partial charge on any atom is 0.107 e. The zero-order valence-electron chi connectivity index (χ0n) is 9.68. The summed E-state index contributed by atoms with van der Waals surface area (Å²) in [5.41, 5.74) is 3.17. The molecule has 3 rings (SSSR count). The molecule has 0 saturated carbocycles. The van der Waals surface area contributed by atoms with Gasteiger partial charge in [-0.2, -0.15) is 11.3 Å². The quantitative estimate of drug-likeness (QED) is 0.687. The van der Waals surface area contributed by atoms with Crippen LogP contribution in [0.1, 0.15) is 22.8 Å². The Morgan fingerprint density at radius 2 is 2.00 bits per heavy atom. The summed E-state index contributed by atoms with van der Waals surface area (Å²) < 4.78 is 2.28. The lowest BCUT2D eigenvalue weighted by atomic mass is 10.0. The number of hydrogen-bond acceptors (Lipinski definition) is 3. The third kappa shape index (κ3) is 1.93. The highest BCUT2D eigenvalue weighted by Gasteiger charge is 2.18. The van der Waals surface area contributed by atoms with Gasteiger partial charge in [-0.15, -0.1) is 11.3 Å². The number of fused-ring (bicyclic) bond motifs is 1. The number of rotatable bonds is 2. The van der Waals surface area contributed by atoms with Crippen LogP contribution in [0.3, 0.4) is 0 Å². The molecule has 3 aromatic rings. The molecule has 1 atom stereocenters. The van der Waals surface area contributed by atoms with E-state index in [0.29, 0.717) is 0 Å². The molecule has 2 aromatic heterocycles. The maximum atomic E-state index is 10.5. The highest BCUT2D eigenvalue weighted by Crippen LogP contribution is 2.38. The number of benzene rings is 1. The first kappa shape index (κ1) is 12.4. The van der Waals surface area contributed by atoms with Crippen molar-refractivity contribution in [3.05, 3.63) is 55.5 Å². The fourth-order valence-corrected chi connectivity index (χ4v) is 4.58. The van der Waals surface area contributed by atoms with E-state index in [2.05, 4.69) is 32.8 Å². The summed E-state index contributed by atoms with van der Waals surface area (Å²) in [7, 11) is 0. The Bertz CT molecular complexity index is 699. The largest absolute Gasteiger partial charge is 0.384 e. The SMILES string of the molecule is Cc1cscc1C(O)c1csc2c(Br)cccc12. The Morgan fingerprint density at radius 1 is 1.17 bits per heavy atom. The van der Waals surface area contributed by atoms with E-state index in [9.17, 15) is 5.11 Å². The highest BCUT2D eigenvalue weighted by atomic mass is 79.9. The van der Waals surface area contributed by atoms with Crippen molar-refractivity contribution in [2.45, 2.75) is 13.0 Å². The van der Waals surface area contributed by atoms with Gasteiger partial charge in [0.2, 0.25) is 0 Å². The van der Waals surface area contributed by atoms with E-state index in [-0.39, 0.29) is 0 Å². The zero-order chi connectivity index (χ0) is 12.7. The van der Waals surface area contributed by atoms with Crippen LogP contribution < -0.4 is 0 Å². The first-order valence-corrected chi connectivity index (χ1v) is 8.16. The van der Waals surface area contributed by atoms with E-state index in [1.165, 1.54) is 4.70 Å². The van der Waals surface area contributed by atoms with Gasteiger partial charge in [-0.25, -0.2) is 0 Å². The molecule has 0 spiro atoms. The third-order valence-electron chi connectivity index (χ3n) is 3.07. The Labute approximate surface area is 122 Å². The van der Waals surface area contributed by atoms with Crippen LogP contribution in [0.4, 0.5) is 0 Å². The van der Waals surface area contributed by atoms with Crippen LogP contribution in [0.15, 0.2) is 38.8 Å². The Morgan fingerprint density at radius 3 is 2.72 bits per heavy atom. The fraction of sp³-hybridized carbons (Fsp3) is 0.143. The molecule has 1 nitrogen and oxygen atoms in total. The van der Waals surface area contributed by atoms with Gasteiger partial charge < -0.3 is 5.11 Å². The minimum Gasteiger partial charge on any atom is -0.384 e. The number of aliphatic hydroxyl groups excluding tert-OH is 1. The summed E-state index contributed by atoms with van der Waals surface area (Å²) in [4.78, 5) is 0. The molecule has 0 fully saturated rings. The summed E-state index contributed by atoms with van der Waals surface area (Å²) in [6, 6.07) is 6.11. The monoisotopic (exact) mass is 338 g/mol. The molecule has 2 heterocycles. The second-order valence-electron chi connectivity index (χ2n) is 4.22. The van der Waals surface area contributed by atoms with Crippen LogP contribution in [0.5, 0.6) is 0 Å². The first-order chi connectivity index (χ1) is 8.68. The molecule has 0 aliphatic carbocycles. The molecule has 1 unspecified atom stereocenters. The molecular formula is C14H11BrOS2. The number of halogens is 1. The van der Waals surface area contributed by atoms with Crippen LogP contribution in [-0.4, -0.2) is 5.11 Å². The molecule has 92 valence electrons. The molecule has 0 saturated heterocycles. The second-order valence-corrected chi connectivity index (χ2v) is 6.70. The van der Waals surface area contributed by atoms with Crippen LogP contribution in [0.2, 0.25) is 0 Å². The lowest BCUT2D eigenvalue weighted by Crippen LogP contribution is -1.98. The van der Waals surface area contributed by atoms with Crippen molar-refractivity contribution in [3.8, 4) is 0 Å². The Kier molecular flexibility index (Phi) is 3.28. The number of hydrogen-bond donors (Lipinski definition) is 1. The van der Waals surface area contributed by atoms with Crippen molar-refractivity contribution < 1.29 is 5.11 Å². The van der Waals surface area contributed by atoms with Gasteiger partial charge in [0.25, 0.3) is 0 Å². The number of aliphatic hydroxyl groups is 1. The Hall–Kier alpha value is -0.680. The van der Waals surface area contributed by atoms with E-state index >= 15 is 0 Å². The molecule has 1 aromatic carbocycles. The van der Waals surface area contributed by atoms with Crippen molar-refractivity contribution in [3.63, 3.8) is 0 Å². The summed E-state index contributed by atoms with van der Waals surface area (Å²) >= 11 is 6.86. The standard InChI is InChI=1S/C14H11BrOS2/c1-8-5-17-6-10(8)13(16)11-7-18-14-9(11)3-2-4-12(14)15/h2-7,13,16H,1H3. The van der Waals surface area contributed by atoms with Gasteiger partial charge in [0.05, 0.1) is 0 Å². The fourth-order valence-electron chi connectivity index (χ4n) is 2.07. The molecular weight excluding hydrogens is 328 g/mol. The van der Waals surface area contributed by atoms with Gasteiger partial charge in [-0.05, 0) is 61.6 Å². The van der Waals surface area contributed by atoms with E-state index in [4.69, 9.17) is 0 Å². The molecule has 0 radical (unpaired) electrons. The second kappa shape index (κ2) is 4.78. The van der Waals surface area contributed by atoms with E-state index in [1.54, 1.807) is 22.7 Å². The predicted molar refractivity (Wildman–Crippen MR) is 82.6 cm³/mol. The summed E-state index contributed by atoms with van der Waals surface area (Å²) in [6.45, 7) is 2.04. The summed E-state index contributed by atoms with van der Waals surface area (Å²) in [6.07, 6.45) is -0.528. The third-order valence-corrected chi connectivity index (χ3v) is 5.92. The molecule has 0 bridgehead atoms. The molecule has 0 amide bonds. The van der Waals surface area contributed by atoms with Crippen LogP contribution in [0.25, 0.3) is 10.1 Å². The van der Waals surface area contributed by atoms with E-state index < -0.39 is 6.10 Å². The van der Waals surface area contributed by atoms with Crippen LogP contribution in [-0.2, 0) is 0 Å². The lowest BCUT2D eigenvalue weighted by molar-refractivity contribution is 0.222. The minimum atomic E-state index is -0.528. The molecule has 0 aliphatic heterocycles. The number of aryl methyl sites for hydroxylation is 1. The highest BCUT2D eigenvalue weighted by molar-refractivity contribution is 9.10. The summed E-state index contributed by atoms with van der Waals surface area (Å²) in [5.74, 6) is 0. The number of thiophene rings is 2. The summed E-state index contributed by atoms with van der Waals surface area (Å²) in [5, 5.41) is 17.8. The average molecular weight is 339 g/mol. The van der Waals surface area contributed by atoms with Gasteiger partial charge in [-0.1, -0.05) is 12.1 Å². The van der Waals surface area contributed by atoms with Gasteiger partial charge in [0, 0.05) is 14.7 Å². The van der Waals surface area contributed by atoms with Crippen molar-refractivity contribution in [1.82, 2.24) is 0 Å². The Balaban J connectivity index is 2.16. The molecule has 1 N–H and O–H groups in total. The molecule has 18 heavy (non-hydrogen) atoms. The van der Waals surface area contributed by atoms with Gasteiger partial charge in [-0.3, -0.25) is 0 Å². The average Bonchev–Trinajstić information content (AvgIpc) is 2.95. The smallest absolute Gasteiger partial charge is 0.107 e. The van der Waals surface area contributed by atoms with E-state index in [1.807, 2.05) is 24.4 Å². The van der Waals surface area contributed by atoms with Crippen LogP contribution in [0, 0.1) is 6.92 Å². The topological polar surface area (TPSA) is 20.2 Å². The normalized spacial score (nSPS) is 13.1. The minimum absolute atomic E-state index is 0.528. The molecule has 0 aliphatic rings. The van der Waals surface area contributed by atoms with Crippen molar-refractivity contribution in [2.24, 2.45) is 0 Å². The molecule has 4 heteroatoms. The van der Waals surface area contributed by atoms with Gasteiger partial charge in [0.1, 0.15) is 6.10 Å². The van der Waals surface area contributed by atoms with Crippen molar-refractivity contribution in [1.29, 1.82) is 0 Å². The van der Waals surface area contributed by atoms with Crippen molar-refractivity contribution in [2.75, 3.05) is 0 Å². The van der Waals surface area contributed by atoms with E-state index in [0.717, 1.165) is 26.5 Å². The van der Waals surface area contributed by atoms with Crippen LogP contribution >= 0.6 is 38.6 Å². The predicted octanol–water partition coefficient (Wildman–Crippen LogP) is 5.12. The lowest BCUT2D eigenvalue weighted by Gasteiger charge is -2.09.